The summed E-state index contributed by atoms with van der Waals surface area (Å²) >= 11 is 2.31. The normalized spacial score (nSPS) is 12.2. The number of allylic oxidation sites excluding steroid dienone is 1. The Balaban J connectivity index is 2.06. The molecule has 0 fully saturated rings. The van der Waals surface area contributed by atoms with Gasteiger partial charge in [0.15, 0.2) is 5.13 Å². The molecule has 0 aromatic carbocycles. The minimum Gasteiger partial charge on any atom is -0.444 e. The van der Waals surface area contributed by atoms with Crippen molar-refractivity contribution in [2.75, 3.05) is 18.1 Å². The van der Waals surface area contributed by atoms with Crippen molar-refractivity contribution < 1.29 is 19.1 Å². The summed E-state index contributed by atoms with van der Waals surface area (Å²) in [5.41, 5.74) is 0.149. The Morgan fingerprint density at radius 2 is 1.83 bits per heavy atom. The smallest absolute Gasteiger partial charge is 0.413 e. The Morgan fingerprint density at radius 3 is 2.44 bits per heavy atom. The lowest BCUT2D eigenvalue weighted by Gasteiger charge is -2.22. The van der Waals surface area contributed by atoms with E-state index in [1.165, 1.54) is 11.3 Å². The van der Waals surface area contributed by atoms with Crippen molar-refractivity contribution in [1.29, 1.82) is 0 Å². The first-order valence-corrected chi connectivity index (χ1v) is 15.1. The fourth-order valence-electron chi connectivity index (χ4n) is 2.79. The highest BCUT2D eigenvalue weighted by Crippen LogP contribution is 2.32. The lowest BCUT2D eigenvalue weighted by Crippen LogP contribution is -2.35. The second-order valence-electron chi connectivity index (χ2n) is 9.37. The number of nitrogens with zero attached hydrogens (tertiary/aromatic N) is 1. The number of rotatable bonds is 9. The Bertz CT molecular complexity index is 1260. The van der Waals surface area contributed by atoms with E-state index in [9.17, 15) is 14.4 Å². The van der Waals surface area contributed by atoms with Crippen LogP contribution < -0.4 is 25.7 Å². The lowest BCUT2D eigenvalue weighted by atomic mass is 10.2. The standard InChI is InChI=1S/C24H32N4O4S4/c1-13(10-16-11-17(34-15(16)3)19(29)25-12-24(7,8)36-33-9)26-20(30)18-14(2)27-21(35-18)28-22(31)32-23(4,5)6/h10-11H,1,3,12H2,2,4-9H3,(H,25,29)(H,26,30)(H,27,28,31)/b16-10-. The molecule has 2 heterocycles. The van der Waals surface area contributed by atoms with Crippen molar-refractivity contribution >= 4 is 80.0 Å². The minimum atomic E-state index is -0.650. The van der Waals surface area contributed by atoms with Crippen LogP contribution in [-0.4, -0.2) is 46.0 Å². The van der Waals surface area contributed by atoms with Gasteiger partial charge in [-0.2, -0.15) is 0 Å². The van der Waals surface area contributed by atoms with Gasteiger partial charge >= 0.3 is 6.09 Å². The number of ether oxygens (including phenoxy) is 1. The van der Waals surface area contributed by atoms with Crippen molar-refractivity contribution in [2.24, 2.45) is 0 Å². The first kappa shape index (κ1) is 29.9. The molecule has 12 heteroatoms. The largest absolute Gasteiger partial charge is 0.444 e. The predicted molar refractivity (Wildman–Crippen MR) is 154 cm³/mol. The van der Waals surface area contributed by atoms with E-state index in [1.807, 2.05) is 6.26 Å². The Labute approximate surface area is 227 Å². The molecule has 2 aromatic rings. The van der Waals surface area contributed by atoms with Gasteiger partial charge in [-0.15, -0.1) is 11.3 Å². The third-order valence-corrected chi connectivity index (χ3v) is 8.96. The van der Waals surface area contributed by atoms with Gasteiger partial charge in [-0.3, -0.25) is 14.9 Å². The Morgan fingerprint density at radius 1 is 1.17 bits per heavy atom. The molecule has 0 radical (unpaired) electrons. The van der Waals surface area contributed by atoms with Gasteiger partial charge in [0, 0.05) is 21.5 Å². The van der Waals surface area contributed by atoms with Gasteiger partial charge < -0.3 is 15.4 Å². The summed E-state index contributed by atoms with van der Waals surface area (Å²) in [6.07, 6.45) is 3.02. The second kappa shape index (κ2) is 12.3. The van der Waals surface area contributed by atoms with Crippen LogP contribution in [0.1, 0.15) is 59.7 Å². The topological polar surface area (TPSA) is 109 Å². The predicted octanol–water partition coefficient (Wildman–Crippen LogP) is 4.51. The van der Waals surface area contributed by atoms with Gasteiger partial charge in [0.05, 0.1) is 10.6 Å². The SMILES string of the molecule is C=C(/C=c1/cc(C(=O)NCC(C)(C)SSC)sc1=C)NC(=O)c1sc(NC(=O)OC(C)(C)C)nc1C. The van der Waals surface area contributed by atoms with Gasteiger partial charge in [0.1, 0.15) is 10.5 Å². The molecule has 2 rings (SSSR count). The van der Waals surface area contributed by atoms with E-state index < -0.39 is 17.6 Å². The van der Waals surface area contributed by atoms with E-state index in [0.29, 0.717) is 37.4 Å². The molecule has 0 atom stereocenters. The molecule has 0 saturated carbocycles. The number of aromatic nitrogens is 1. The molecule has 0 saturated heterocycles. The number of anilines is 1. The number of carbonyl (C=O) groups is 3. The van der Waals surface area contributed by atoms with Crippen LogP contribution in [0.4, 0.5) is 9.93 Å². The van der Waals surface area contributed by atoms with Crippen LogP contribution in [0.25, 0.3) is 12.7 Å². The molecule has 3 N–H and O–H groups in total. The first-order chi connectivity index (χ1) is 16.6. The van der Waals surface area contributed by atoms with E-state index in [0.717, 1.165) is 11.3 Å². The molecule has 36 heavy (non-hydrogen) atoms. The number of thiophene rings is 1. The number of aryl methyl sites for hydroxylation is 1. The lowest BCUT2D eigenvalue weighted by molar-refractivity contribution is 0.0635. The molecule has 8 nitrogen and oxygen atoms in total. The molecule has 0 bridgehead atoms. The average Bonchev–Trinajstić information content (AvgIpc) is 3.26. The molecular weight excluding hydrogens is 537 g/mol. The van der Waals surface area contributed by atoms with E-state index in [2.05, 4.69) is 47.9 Å². The molecular formula is C24H32N4O4S4. The minimum absolute atomic E-state index is 0.0930. The van der Waals surface area contributed by atoms with Crippen molar-refractivity contribution in [1.82, 2.24) is 15.6 Å². The number of nitrogens with one attached hydrogen (secondary N) is 3. The summed E-state index contributed by atoms with van der Waals surface area (Å²) < 4.78 is 5.81. The van der Waals surface area contributed by atoms with Crippen LogP contribution in [0.15, 0.2) is 18.3 Å². The molecule has 0 spiro atoms. The highest BCUT2D eigenvalue weighted by Gasteiger charge is 2.21. The second-order valence-corrected chi connectivity index (χ2v) is 14.6. The third kappa shape index (κ3) is 9.30. The maximum absolute atomic E-state index is 12.8. The third-order valence-electron chi connectivity index (χ3n) is 4.26. The van der Waals surface area contributed by atoms with Crippen LogP contribution in [0.3, 0.4) is 0 Å². The molecule has 0 aliphatic heterocycles. The highest BCUT2D eigenvalue weighted by molar-refractivity contribution is 8.77. The zero-order valence-corrected chi connectivity index (χ0v) is 24.8. The van der Waals surface area contributed by atoms with E-state index >= 15 is 0 Å². The van der Waals surface area contributed by atoms with Crippen LogP contribution in [0.5, 0.6) is 0 Å². The number of hydrogen-bond acceptors (Lipinski definition) is 9. The van der Waals surface area contributed by atoms with Crippen LogP contribution in [0, 0.1) is 6.92 Å². The van der Waals surface area contributed by atoms with Crippen LogP contribution >= 0.6 is 44.3 Å². The van der Waals surface area contributed by atoms with Crippen LogP contribution in [0.2, 0.25) is 0 Å². The van der Waals surface area contributed by atoms with Gasteiger partial charge in [-0.1, -0.05) is 46.1 Å². The van der Waals surface area contributed by atoms with Crippen molar-refractivity contribution in [3.8, 4) is 0 Å². The number of carbonyl (C=O) groups excluding carboxylic acids is 3. The van der Waals surface area contributed by atoms with E-state index in [4.69, 9.17) is 4.74 Å². The molecule has 3 amide bonds. The van der Waals surface area contributed by atoms with Crippen molar-refractivity contribution in [2.45, 2.75) is 51.9 Å². The summed E-state index contributed by atoms with van der Waals surface area (Å²) in [4.78, 5) is 42.5. The summed E-state index contributed by atoms with van der Waals surface area (Å²) in [6, 6.07) is 1.73. The van der Waals surface area contributed by atoms with E-state index in [1.54, 1.807) is 61.4 Å². The van der Waals surface area contributed by atoms with Crippen molar-refractivity contribution in [3.63, 3.8) is 0 Å². The van der Waals surface area contributed by atoms with Gasteiger partial charge in [-0.25, -0.2) is 9.78 Å². The summed E-state index contributed by atoms with van der Waals surface area (Å²) in [5.74, 6) is -0.574. The highest BCUT2D eigenvalue weighted by atomic mass is 33.1. The zero-order valence-electron chi connectivity index (χ0n) is 21.5. The molecule has 0 aliphatic rings. The summed E-state index contributed by atoms with van der Waals surface area (Å²) in [6.45, 7) is 19.5. The maximum atomic E-state index is 12.8. The first-order valence-electron chi connectivity index (χ1n) is 10.9. The number of thiazole rings is 1. The van der Waals surface area contributed by atoms with E-state index in [-0.39, 0.29) is 15.8 Å². The van der Waals surface area contributed by atoms with Gasteiger partial charge in [0.2, 0.25) is 0 Å². The molecule has 2 aromatic heterocycles. The summed E-state index contributed by atoms with van der Waals surface area (Å²) in [5, 5.41) is 9.19. The average molecular weight is 569 g/mol. The van der Waals surface area contributed by atoms with Gasteiger partial charge in [0.25, 0.3) is 11.8 Å². The number of amides is 3. The van der Waals surface area contributed by atoms with Crippen LogP contribution in [-0.2, 0) is 4.74 Å². The molecule has 0 aliphatic carbocycles. The zero-order chi connectivity index (χ0) is 27.3. The fourth-order valence-corrected chi connectivity index (χ4v) is 6.60. The summed E-state index contributed by atoms with van der Waals surface area (Å²) in [7, 11) is 3.36. The molecule has 0 unspecified atom stereocenters. The maximum Gasteiger partial charge on any atom is 0.413 e. The Hall–Kier alpha value is -2.28. The fraction of sp³-hybridized carbons (Fsp3) is 0.417. The van der Waals surface area contributed by atoms with Gasteiger partial charge in [-0.05, 0) is 65.2 Å². The van der Waals surface area contributed by atoms with Crippen molar-refractivity contribution in [3.05, 3.63) is 43.5 Å². The molecule has 196 valence electrons. The number of hydrogen-bond donors (Lipinski definition) is 3. The monoisotopic (exact) mass is 568 g/mol. The quantitative estimate of drug-likeness (QED) is 0.382. The Kier molecular flexibility index (Phi) is 10.2.